The minimum Gasteiger partial charge on any atom is -0.355 e. The first kappa shape index (κ1) is 14.4. The summed E-state index contributed by atoms with van der Waals surface area (Å²) in [5.41, 5.74) is 0. The Labute approximate surface area is 103 Å². The van der Waals surface area contributed by atoms with Crippen LogP contribution in [-0.4, -0.2) is 57.1 Å². The van der Waals surface area contributed by atoms with Crippen LogP contribution in [0.4, 0.5) is 0 Å². The first-order valence-corrected chi connectivity index (χ1v) is 7.48. The predicted octanol–water partition coefficient (Wildman–Crippen LogP) is -0.864. The Kier molecular flexibility index (Phi) is 5.35. The van der Waals surface area contributed by atoms with Gasteiger partial charge in [-0.05, 0) is 20.4 Å². The third-order valence-electron chi connectivity index (χ3n) is 2.89. The zero-order valence-electron chi connectivity index (χ0n) is 10.4. The zero-order chi connectivity index (χ0) is 12.9. The molecule has 0 bridgehead atoms. The lowest BCUT2D eigenvalue weighted by Gasteiger charge is -2.15. The third-order valence-corrected chi connectivity index (χ3v) is 4.85. The van der Waals surface area contributed by atoms with Gasteiger partial charge in [-0.25, -0.2) is 12.7 Å². The second kappa shape index (κ2) is 6.32. The Morgan fingerprint density at radius 2 is 2.18 bits per heavy atom. The Morgan fingerprint density at radius 3 is 2.71 bits per heavy atom. The van der Waals surface area contributed by atoms with Crippen LogP contribution in [0.3, 0.4) is 0 Å². The summed E-state index contributed by atoms with van der Waals surface area (Å²) in [5, 5.41) is 5.77. The van der Waals surface area contributed by atoms with E-state index >= 15 is 0 Å². The van der Waals surface area contributed by atoms with E-state index in [1.165, 1.54) is 4.31 Å². The normalized spacial score (nSPS) is 21.3. The molecule has 7 heteroatoms. The summed E-state index contributed by atoms with van der Waals surface area (Å²) in [6.45, 7) is 3.36. The van der Waals surface area contributed by atoms with E-state index in [4.69, 9.17) is 0 Å². The first-order valence-electron chi connectivity index (χ1n) is 5.87. The maximum Gasteiger partial charge on any atom is 0.221 e. The van der Waals surface area contributed by atoms with Gasteiger partial charge in [0.25, 0.3) is 0 Å². The lowest BCUT2D eigenvalue weighted by molar-refractivity contribution is -0.121. The summed E-state index contributed by atoms with van der Waals surface area (Å²) >= 11 is 0. The van der Waals surface area contributed by atoms with E-state index in [0.717, 1.165) is 0 Å². The van der Waals surface area contributed by atoms with Gasteiger partial charge in [0.2, 0.25) is 15.9 Å². The number of carbonyl (C=O) groups excluding carboxylic acids is 1. The maximum atomic E-state index is 11.5. The molecule has 17 heavy (non-hydrogen) atoms. The van der Waals surface area contributed by atoms with Crippen molar-refractivity contribution in [1.82, 2.24) is 14.9 Å². The topological polar surface area (TPSA) is 78.5 Å². The number of rotatable bonds is 6. The van der Waals surface area contributed by atoms with Crippen molar-refractivity contribution < 1.29 is 13.2 Å². The van der Waals surface area contributed by atoms with Crippen LogP contribution in [0.15, 0.2) is 0 Å². The van der Waals surface area contributed by atoms with E-state index in [1.807, 2.05) is 14.0 Å². The molecule has 0 radical (unpaired) electrons. The highest BCUT2D eigenvalue weighted by Gasteiger charge is 2.27. The van der Waals surface area contributed by atoms with E-state index in [9.17, 15) is 13.2 Å². The smallest absolute Gasteiger partial charge is 0.221 e. The molecule has 1 aliphatic rings. The number of likely N-dealkylation sites (N-methyl/N-ethyl adjacent to an activating group) is 1. The Hall–Kier alpha value is -0.660. The van der Waals surface area contributed by atoms with E-state index in [-0.39, 0.29) is 24.1 Å². The minimum atomic E-state index is -3.08. The number of sulfonamides is 1. The predicted molar refractivity (Wildman–Crippen MR) is 66.1 cm³/mol. The van der Waals surface area contributed by atoms with Crippen LogP contribution in [0.2, 0.25) is 0 Å². The number of carbonyl (C=O) groups is 1. The number of nitrogens with one attached hydrogen (secondary N) is 2. The molecule has 0 aromatic rings. The molecule has 100 valence electrons. The van der Waals surface area contributed by atoms with Crippen molar-refractivity contribution in [3.63, 3.8) is 0 Å². The Balaban J connectivity index is 2.24. The van der Waals surface area contributed by atoms with Crippen LogP contribution in [0.5, 0.6) is 0 Å². The average molecular weight is 263 g/mol. The quantitative estimate of drug-likeness (QED) is 0.653. The van der Waals surface area contributed by atoms with Gasteiger partial charge in [-0.1, -0.05) is 0 Å². The minimum absolute atomic E-state index is 0.103. The SMILES string of the molecule is CNC(C)CNC(=O)CCN1CCCS1(=O)=O. The zero-order valence-corrected chi connectivity index (χ0v) is 11.2. The Bertz CT molecular complexity index is 356. The summed E-state index contributed by atoms with van der Waals surface area (Å²) in [6.07, 6.45) is 0.899. The highest BCUT2D eigenvalue weighted by molar-refractivity contribution is 7.89. The van der Waals surface area contributed by atoms with E-state index in [0.29, 0.717) is 26.1 Å². The molecule has 1 heterocycles. The van der Waals surface area contributed by atoms with Gasteiger partial charge in [0.15, 0.2) is 0 Å². The number of amides is 1. The van der Waals surface area contributed by atoms with E-state index < -0.39 is 10.0 Å². The molecule has 2 N–H and O–H groups in total. The van der Waals surface area contributed by atoms with Crippen LogP contribution in [0.25, 0.3) is 0 Å². The summed E-state index contributed by atoms with van der Waals surface area (Å²) in [4.78, 5) is 11.5. The molecule has 1 rings (SSSR count). The molecule has 0 saturated carbocycles. The van der Waals surface area contributed by atoms with Crippen LogP contribution in [0.1, 0.15) is 19.8 Å². The van der Waals surface area contributed by atoms with Gasteiger partial charge in [0, 0.05) is 32.1 Å². The molecule has 6 nitrogen and oxygen atoms in total. The molecule has 0 aromatic heterocycles. The van der Waals surface area contributed by atoms with Gasteiger partial charge < -0.3 is 10.6 Å². The van der Waals surface area contributed by atoms with E-state index in [1.54, 1.807) is 0 Å². The number of nitrogens with zero attached hydrogens (tertiary/aromatic N) is 1. The van der Waals surface area contributed by atoms with Gasteiger partial charge in [0.1, 0.15) is 0 Å². The lowest BCUT2D eigenvalue weighted by atomic mass is 10.3. The van der Waals surface area contributed by atoms with Gasteiger partial charge in [-0.15, -0.1) is 0 Å². The molecule has 0 aromatic carbocycles. The third kappa shape index (κ3) is 4.61. The summed E-state index contributed by atoms with van der Waals surface area (Å²) in [7, 11) is -1.25. The van der Waals surface area contributed by atoms with Crippen molar-refractivity contribution in [1.29, 1.82) is 0 Å². The van der Waals surface area contributed by atoms with Gasteiger partial charge in [-0.2, -0.15) is 0 Å². The second-order valence-corrected chi connectivity index (χ2v) is 6.40. The van der Waals surface area contributed by atoms with Gasteiger partial charge in [-0.3, -0.25) is 4.79 Å². The molecule has 1 atom stereocenters. The van der Waals surface area contributed by atoms with Crippen LogP contribution < -0.4 is 10.6 Å². The van der Waals surface area contributed by atoms with Crippen molar-refractivity contribution in [3.05, 3.63) is 0 Å². The maximum absolute atomic E-state index is 11.5. The fourth-order valence-corrected chi connectivity index (χ4v) is 3.15. The molecule has 1 saturated heterocycles. The van der Waals surface area contributed by atoms with E-state index in [2.05, 4.69) is 10.6 Å². The molecular weight excluding hydrogens is 242 g/mol. The molecule has 0 aliphatic carbocycles. The monoisotopic (exact) mass is 263 g/mol. The van der Waals surface area contributed by atoms with Gasteiger partial charge >= 0.3 is 0 Å². The molecule has 1 amide bonds. The molecule has 0 spiro atoms. The number of hydrogen-bond donors (Lipinski definition) is 2. The largest absolute Gasteiger partial charge is 0.355 e. The summed E-state index contributed by atoms with van der Waals surface area (Å²) in [5.74, 6) is 0.111. The molecule has 1 aliphatic heterocycles. The highest BCUT2D eigenvalue weighted by atomic mass is 32.2. The summed E-state index contributed by atoms with van der Waals surface area (Å²) in [6, 6.07) is 0.217. The average Bonchev–Trinajstić information content (AvgIpc) is 2.62. The summed E-state index contributed by atoms with van der Waals surface area (Å²) < 4.78 is 24.3. The van der Waals surface area contributed by atoms with Gasteiger partial charge in [0.05, 0.1) is 5.75 Å². The van der Waals surface area contributed by atoms with Crippen molar-refractivity contribution >= 4 is 15.9 Å². The van der Waals surface area contributed by atoms with Crippen LogP contribution >= 0.6 is 0 Å². The highest BCUT2D eigenvalue weighted by Crippen LogP contribution is 2.13. The van der Waals surface area contributed by atoms with Crippen LogP contribution in [0, 0.1) is 0 Å². The van der Waals surface area contributed by atoms with Crippen LogP contribution in [-0.2, 0) is 14.8 Å². The fraction of sp³-hybridized carbons (Fsp3) is 0.900. The Morgan fingerprint density at radius 1 is 1.47 bits per heavy atom. The lowest BCUT2D eigenvalue weighted by Crippen LogP contribution is -2.38. The van der Waals surface area contributed by atoms with Crippen molar-refractivity contribution in [2.24, 2.45) is 0 Å². The first-order chi connectivity index (χ1) is 7.95. The molecule has 1 unspecified atom stereocenters. The number of hydrogen-bond acceptors (Lipinski definition) is 4. The fourth-order valence-electron chi connectivity index (χ4n) is 1.63. The second-order valence-electron chi connectivity index (χ2n) is 4.31. The molecular formula is C10H21N3O3S. The standard InChI is InChI=1S/C10H21N3O3S/c1-9(11-2)8-12-10(14)4-6-13-5-3-7-17(13,15)16/h9,11H,3-8H2,1-2H3,(H,12,14). The van der Waals surface area contributed by atoms with Crippen molar-refractivity contribution in [2.45, 2.75) is 25.8 Å². The molecule has 1 fully saturated rings. The van der Waals surface area contributed by atoms with Crippen molar-refractivity contribution in [3.8, 4) is 0 Å². The van der Waals surface area contributed by atoms with Crippen molar-refractivity contribution in [2.75, 3.05) is 32.4 Å².